The lowest BCUT2D eigenvalue weighted by atomic mass is 10.1. The third-order valence-corrected chi connectivity index (χ3v) is 3.85. The van der Waals surface area contributed by atoms with Gasteiger partial charge in [0.05, 0.1) is 6.61 Å². The third-order valence-electron chi connectivity index (χ3n) is 3.85. The van der Waals surface area contributed by atoms with Crippen LogP contribution in [0.4, 0.5) is 0 Å². The number of likely N-dealkylation sites (N-methyl/N-ethyl adjacent to an activating group) is 1. The highest BCUT2D eigenvalue weighted by Crippen LogP contribution is 2.28. The van der Waals surface area contributed by atoms with E-state index in [1.54, 1.807) is 0 Å². The number of hydrogen-bond donors (Lipinski definition) is 1. The van der Waals surface area contributed by atoms with Crippen molar-refractivity contribution in [3.8, 4) is 0 Å². The van der Waals surface area contributed by atoms with E-state index in [-0.39, 0.29) is 0 Å². The van der Waals surface area contributed by atoms with Crippen molar-refractivity contribution in [2.45, 2.75) is 25.3 Å². The van der Waals surface area contributed by atoms with Crippen molar-refractivity contribution in [2.75, 3.05) is 33.4 Å². The monoisotopic (exact) mass is 262 g/mol. The lowest BCUT2D eigenvalue weighted by Gasteiger charge is -2.27. The summed E-state index contributed by atoms with van der Waals surface area (Å²) < 4.78 is 5.69. The zero-order chi connectivity index (χ0) is 13.5. The fraction of sp³-hybridized carbons (Fsp3) is 0.625. The average molecular weight is 262 g/mol. The van der Waals surface area contributed by atoms with E-state index < -0.39 is 0 Å². The first-order valence-electron chi connectivity index (χ1n) is 7.31. The quantitative estimate of drug-likeness (QED) is 0.691. The molecule has 0 aromatic heterocycles. The molecule has 1 aliphatic carbocycles. The zero-order valence-corrected chi connectivity index (χ0v) is 11.9. The van der Waals surface area contributed by atoms with Crippen LogP contribution < -0.4 is 5.73 Å². The van der Waals surface area contributed by atoms with Gasteiger partial charge in [0.1, 0.15) is 0 Å². The minimum atomic E-state index is 0.395. The van der Waals surface area contributed by atoms with Gasteiger partial charge in [0, 0.05) is 25.7 Å². The van der Waals surface area contributed by atoms with E-state index in [1.165, 1.54) is 18.4 Å². The van der Waals surface area contributed by atoms with Gasteiger partial charge < -0.3 is 10.5 Å². The van der Waals surface area contributed by atoms with Gasteiger partial charge in [-0.05, 0) is 37.8 Å². The summed E-state index contributed by atoms with van der Waals surface area (Å²) in [4.78, 5) is 2.32. The molecule has 0 spiro atoms. The van der Waals surface area contributed by atoms with Crippen LogP contribution in [0.15, 0.2) is 30.3 Å². The van der Waals surface area contributed by atoms with E-state index in [0.29, 0.717) is 12.6 Å². The Morgan fingerprint density at radius 1 is 1.32 bits per heavy atom. The summed E-state index contributed by atoms with van der Waals surface area (Å²) >= 11 is 0. The van der Waals surface area contributed by atoms with E-state index in [4.69, 9.17) is 10.5 Å². The molecule has 1 aliphatic rings. The molecule has 2 N–H and O–H groups in total. The van der Waals surface area contributed by atoms with Crippen molar-refractivity contribution in [2.24, 2.45) is 11.7 Å². The Bertz CT molecular complexity index is 351. The van der Waals surface area contributed by atoms with Crippen LogP contribution in [0.1, 0.15) is 18.4 Å². The fourth-order valence-electron chi connectivity index (χ4n) is 2.23. The number of hydrogen-bond acceptors (Lipinski definition) is 3. The first-order valence-corrected chi connectivity index (χ1v) is 7.31. The molecular weight excluding hydrogens is 236 g/mol. The lowest BCUT2D eigenvalue weighted by molar-refractivity contribution is 0.0922. The Labute approximate surface area is 116 Å². The van der Waals surface area contributed by atoms with Crippen molar-refractivity contribution in [1.82, 2.24) is 4.90 Å². The highest BCUT2D eigenvalue weighted by atomic mass is 16.5. The fourth-order valence-corrected chi connectivity index (χ4v) is 2.23. The minimum absolute atomic E-state index is 0.395. The van der Waals surface area contributed by atoms with E-state index in [2.05, 4.69) is 42.3 Å². The van der Waals surface area contributed by atoms with E-state index >= 15 is 0 Å². The average Bonchev–Trinajstić information content (AvgIpc) is 3.26. The molecule has 1 aromatic carbocycles. The van der Waals surface area contributed by atoms with Crippen LogP contribution in [-0.4, -0.2) is 44.3 Å². The summed E-state index contributed by atoms with van der Waals surface area (Å²) in [6.07, 6.45) is 3.72. The molecule has 0 amide bonds. The van der Waals surface area contributed by atoms with Gasteiger partial charge in [-0.15, -0.1) is 0 Å². The Morgan fingerprint density at radius 3 is 2.68 bits per heavy atom. The van der Waals surface area contributed by atoms with Crippen LogP contribution >= 0.6 is 0 Å². The predicted molar refractivity (Wildman–Crippen MR) is 79.2 cm³/mol. The molecule has 2 rings (SSSR count). The molecule has 106 valence electrons. The Kier molecular flexibility index (Phi) is 5.83. The summed E-state index contributed by atoms with van der Waals surface area (Å²) in [5, 5.41) is 0. The second kappa shape index (κ2) is 7.63. The van der Waals surface area contributed by atoms with Crippen LogP contribution in [0.5, 0.6) is 0 Å². The van der Waals surface area contributed by atoms with Crippen LogP contribution in [0, 0.1) is 5.92 Å². The van der Waals surface area contributed by atoms with Gasteiger partial charge in [-0.2, -0.15) is 0 Å². The van der Waals surface area contributed by atoms with Crippen molar-refractivity contribution in [3.05, 3.63) is 35.9 Å². The van der Waals surface area contributed by atoms with Crippen molar-refractivity contribution in [1.29, 1.82) is 0 Å². The molecular formula is C16H26N2O. The highest BCUT2D eigenvalue weighted by Gasteiger charge is 2.21. The molecule has 0 bridgehead atoms. The van der Waals surface area contributed by atoms with Crippen molar-refractivity contribution < 1.29 is 4.74 Å². The second-order valence-electron chi connectivity index (χ2n) is 5.58. The second-order valence-corrected chi connectivity index (χ2v) is 5.58. The Hall–Kier alpha value is -0.900. The molecule has 3 nitrogen and oxygen atoms in total. The summed E-state index contributed by atoms with van der Waals surface area (Å²) in [5.74, 6) is 0.847. The van der Waals surface area contributed by atoms with Gasteiger partial charge in [-0.3, -0.25) is 4.90 Å². The van der Waals surface area contributed by atoms with Crippen molar-refractivity contribution in [3.63, 3.8) is 0 Å². The first-order chi connectivity index (χ1) is 9.29. The molecule has 3 heteroatoms. The Balaban J connectivity index is 1.69. The normalized spacial score (nSPS) is 16.8. The van der Waals surface area contributed by atoms with Gasteiger partial charge in [-0.25, -0.2) is 0 Å². The van der Waals surface area contributed by atoms with Gasteiger partial charge in [-0.1, -0.05) is 30.3 Å². The minimum Gasteiger partial charge on any atom is -0.380 e. The summed E-state index contributed by atoms with van der Waals surface area (Å²) in [6, 6.07) is 11.0. The number of benzene rings is 1. The number of ether oxygens (including phenoxy) is 1. The topological polar surface area (TPSA) is 38.5 Å². The van der Waals surface area contributed by atoms with Crippen molar-refractivity contribution >= 4 is 0 Å². The first kappa shape index (κ1) is 14.5. The van der Waals surface area contributed by atoms with E-state index in [1.807, 2.05) is 0 Å². The largest absolute Gasteiger partial charge is 0.380 e. The summed E-state index contributed by atoms with van der Waals surface area (Å²) in [5.41, 5.74) is 7.25. The predicted octanol–water partition coefficient (Wildman–Crippen LogP) is 1.91. The van der Waals surface area contributed by atoms with Gasteiger partial charge in [0.2, 0.25) is 0 Å². The molecule has 1 saturated carbocycles. The maximum absolute atomic E-state index is 5.90. The standard InChI is InChI=1S/C16H26N2O/c1-18(9-10-19-13-15-7-8-15)16(12-17)11-14-5-3-2-4-6-14/h2-6,15-16H,7-13,17H2,1H3. The Morgan fingerprint density at radius 2 is 2.05 bits per heavy atom. The maximum Gasteiger partial charge on any atom is 0.0593 e. The molecule has 1 aromatic rings. The number of nitrogens with two attached hydrogens (primary N) is 1. The van der Waals surface area contributed by atoms with E-state index in [9.17, 15) is 0 Å². The molecule has 0 saturated heterocycles. The summed E-state index contributed by atoms with van der Waals surface area (Å²) in [6.45, 7) is 3.41. The summed E-state index contributed by atoms with van der Waals surface area (Å²) in [7, 11) is 2.14. The number of rotatable bonds is 9. The van der Waals surface area contributed by atoms with E-state index in [0.717, 1.165) is 32.1 Å². The highest BCUT2D eigenvalue weighted by molar-refractivity contribution is 5.16. The molecule has 19 heavy (non-hydrogen) atoms. The van der Waals surface area contributed by atoms with Gasteiger partial charge in [0.25, 0.3) is 0 Å². The maximum atomic E-state index is 5.90. The van der Waals surface area contributed by atoms with Crippen LogP contribution in [0.3, 0.4) is 0 Å². The SMILES string of the molecule is CN(CCOCC1CC1)C(CN)Cc1ccccc1. The van der Waals surface area contributed by atoms with Crippen LogP contribution in [-0.2, 0) is 11.2 Å². The number of nitrogens with zero attached hydrogens (tertiary/aromatic N) is 1. The van der Waals surface area contributed by atoms with Gasteiger partial charge >= 0.3 is 0 Å². The molecule has 0 heterocycles. The third kappa shape index (κ3) is 5.31. The molecule has 1 atom stereocenters. The molecule has 1 fully saturated rings. The molecule has 0 radical (unpaired) electrons. The van der Waals surface area contributed by atoms with Crippen LogP contribution in [0.25, 0.3) is 0 Å². The lowest BCUT2D eigenvalue weighted by Crippen LogP contribution is -2.41. The zero-order valence-electron chi connectivity index (χ0n) is 11.9. The molecule has 0 aliphatic heterocycles. The smallest absolute Gasteiger partial charge is 0.0593 e. The molecule has 1 unspecified atom stereocenters. The van der Waals surface area contributed by atoms with Gasteiger partial charge in [0.15, 0.2) is 0 Å². The van der Waals surface area contributed by atoms with Crippen LogP contribution in [0.2, 0.25) is 0 Å².